The molecular weight excluding hydrogens is 354 g/mol. The third kappa shape index (κ3) is 4.15. The maximum atomic E-state index is 5.77. The summed E-state index contributed by atoms with van der Waals surface area (Å²) in [5, 5.41) is 12.3. The molecule has 28 heavy (non-hydrogen) atoms. The Morgan fingerprint density at radius 2 is 1.82 bits per heavy atom. The highest BCUT2D eigenvalue weighted by Crippen LogP contribution is 2.31. The fourth-order valence-electron chi connectivity index (χ4n) is 4.22. The van der Waals surface area contributed by atoms with E-state index in [0.29, 0.717) is 19.1 Å². The Bertz CT molecular complexity index is 783. The molecule has 4 rings (SSSR count). The SMILES string of the molecule is CCOc1ccc(CN2CCC(c3nnc4n3CCNC4)CC2)cc1OCC. The van der Waals surface area contributed by atoms with E-state index in [1.54, 1.807) is 0 Å². The average molecular weight is 386 g/mol. The fourth-order valence-corrected chi connectivity index (χ4v) is 4.22. The van der Waals surface area contributed by atoms with Gasteiger partial charge in [0.25, 0.3) is 0 Å². The first kappa shape index (κ1) is 19.2. The van der Waals surface area contributed by atoms with Gasteiger partial charge < -0.3 is 19.4 Å². The van der Waals surface area contributed by atoms with Gasteiger partial charge in [0.2, 0.25) is 0 Å². The number of rotatable bonds is 7. The predicted octanol–water partition coefficient (Wildman–Crippen LogP) is 2.56. The van der Waals surface area contributed by atoms with Crippen LogP contribution < -0.4 is 14.8 Å². The summed E-state index contributed by atoms with van der Waals surface area (Å²) in [5.74, 6) is 4.48. The number of hydrogen-bond acceptors (Lipinski definition) is 6. The van der Waals surface area contributed by atoms with Crippen molar-refractivity contribution in [1.29, 1.82) is 0 Å². The van der Waals surface area contributed by atoms with Crippen LogP contribution in [0.4, 0.5) is 0 Å². The summed E-state index contributed by atoms with van der Waals surface area (Å²) in [5.41, 5.74) is 1.27. The minimum atomic E-state index is 0.523. The van der Waals surface area contributed by atoms with Gasteiger partial charge in [0, 0.05) is 25.6 Å². The number of ether oxygens (including phenoxy) is 2. The molecule has 1 fully saturated rings. The standard InChI is InChI=1S/C21H31N5O2/c1-3-27-18-6-5-16(13-19(18)28-4-2)15-25-10-7-17(8-11-25)21-24-23-20-14-22-9-12-26(20)21/h5-6,13,17,22H,3-4,7-12,14-15H2,1-2H3. The van der Waals surface area contributed by atoms with E-state index in [1.807, 2.05) is 19.9 Å². The molecule has 7 nitrogen and oxygen atoms in total. The topological polar surface area (TPSA) is 64.4 Å². The molecule has 0 radical (unpaired) electrons. The van der Waals surface area contributed by atoms with Crippen LogP contribution >= 0.6 is 0 Å². The molecule has 0 atom stereocenters. The van der Waals surface area contributed by atoms with E-state index >= 15 is 0 Å². The van der Waals surface area contributed by atoms with Gasteiger partial charge in [-0.15, -0.1) is 10.2 Å². The lowest BCUT2D eigenvalue weighted by Gasteiger charge is -2.32. The number of likely N-dealkylation sites (tertiary alicyclic amines) is 1. The van der Waals surface area contributed by atoms with Crippen LogP contribution in [0.5, 0.6) is 11.5 Å². The van der Waals surface area contributed by atoms with Crippen molar-refractivity contribution in [3.63, 3.8) is 0 Å². The summed E-state index contributed by atoms with van der Waals surface area (Å²) in [7, 11) is 0. The number of nitrogens with one attached hydrogen (secondary N) is 1. The molecule has 0 unspecified atom stereocenters. The molecule has 7 heteroatoms. The minimum Gasteiger partial charge on any atom is -0.490 e. The van der Waals surface area contributed by atoms with Crippen LogP contribution in [-0.2, 0) is 19.6 Å². The van der Waals surface area contributed by atoms with E-state index in [1.165, 1.54) is 11.4 Å². The van der Waals surface area contributed by atoms with Crippen LogP contribution in [-0.4, -0.2) is 52.5 Å². The summed E-state index contributed by atoms with van der Waals surface area (Å²) >= 11 is 0. The van der Waals surface area contributed by atoms with Crippen LogP contribution in [0.2, 0.25) is 0 Å². The Balaban J connectivity index is 1.37. The smallest absolute Gasteiger partial charge is 0.161 e. The Morgan fingerprint density at radius 1 is 1.04 bits per heavy atom. The van der Waals surface area contributed by atoms with Crippen molar-refractivity contribution in [2.45, 2.75) is 52.2 Å². The van der Waals surface area contributed by atoms with E-state index in [4.69, 9.17) is 9.47 Å². The number of benzene rings is 1. The molecule has 152 valence electrons. The Morgan fingerprint density at radius 3 is 2.61 bits per heavy atom. The molecule has 0 saturated carbocycles. The highest BCUT2D eigenvalue weighted by molar-refractivity contribution is 5.43. The zero-order chi connectivity index (χ0) is 19.3. The van der Waals surface area contributed by atoms with E-state index in [2.05, 4.69) is 37.1 Å². The molecule has 1 aromatic carbocycles. The second-order valence-electron chi connectivity index (χ2n) is 7.50. The molecular formula is C21H31N5O2. The summed E-state index contributed by atoms with van der Waals surface area (Å²) in [4.78, 5) is 2.52. The van der Waals surface area contributed by atoms with Gasteiger partial charge in [-0.3, -0.25) is 4.90 Å². The molecule has 1 N–H and O–H groups in total. The van der Waals surface area contributed by atoms with Gasteiger partial charge in [-0.1, -0.05) is 6.07 Å². The monoisotopic (exact) mass is 385 g/mol. The van der Waals surface area contributed by atoms with Gasteiger partial charge in [0.1, 0.15) is 11.6 Å². The minimum absolute atomic E-state index is 0.523. The van der Waals surface area contributed by atoms with Crippen molar-refractivity contribution in [2.75, 3.05) is 32.8 Å². The van der Waals surface area contributed by atoms with Crippen molar-refractivity contribution in [1.82, 2.24) is 25.0 Å². The number of fused-ring (bicyclic) bond motifs is 1. The number of nitrogens with zero attached hydrogens (tertiary/aromatic N) is 4. The third-order valence-electron chi connectivity index (χ3n) is 5.62. The van der Waals surface area contributed by atoms with Crippen LogP contribution in [0.25, 0.3) is 0 Å². The van der Waals surface area contributed by atoms with E-state index in [0.717, 1.165) is 69.4 Å². The number of hydrogen-bond donors (Lipinski definition) is 1. The van der Waals surface area contributed by atoms with Crippen LogP contribution in [0.15, 0.2) is 18.2 Å². The lowest BCUT2D eigenvalue weighted by Crippen LogP contribution is -2.34. The molecule has 0 amide bonds. The summed E-state index contributed by atoms with van der Waals surface area (Å²) in [6.45, 7) is 11.3. The highest BCUT2D eigenvalue weighted by atomic mass is 16.5. The van der Waals surface area contributed by atoms with Crippen LogP contribution in [0.3, 0.4) is 0 Å². The largest absolute Gasteiger partial charge is 0.490 e. The molecule has 0 bridgehead atoms. The first-order chi connectivity index (χ1) is 13.8. The molecule has 1 saturated heterocycles. The van der Waals surface area contributed by atoms with E-state index in [9.17, 15) is 0 Å². The average Bonchev–Trinajstić information content (AvgIpc) is 3.15. The third-order valence-corrected chi connectivity index (χ3v) is 5.62. The van der Waals surface area contributed by atoms with Crippen molar-refractivity contribution in [3.05, 3.63) is 35.4 Å². The number of aromatic nitrogens is 3. The lowest BCUT2D eigenvalue weighted by molar-refractivity contribution is 0.199. The lowest BCUT2D eigenvalue weighted by atomic mass is 9.95. The Kier molecular flexibility index (Phi) is 6.12. The molecule has 2 aromatic rings. The van der Waals surface area contributed by atoms with Gasteiger partial charge >= 0.3 is 0 Å². The molecule has 0 spiro atoms. The first-order valence-electron chi connectivity index (χ1n) is 10.5. The van der Waals surface area contributed by atoms with Crippen molar-refractivity contribution in [2.24, 2.45) is 0 Å². The van der Waals surface area contributed by atoms with Crippen LogP contribution in [0.1, 0.15) is 49.8 Å². The molecule has 2 aliphatic heterocycles. The highest BCUT2D eigenvalue weighted by Gasteiger charge is 2.27. The van der Waals surface area contributed by atoms with E-state index < -0.39 is 0 Å². The summed E-state index contributed by atoms with van der Waals surface area (Å²) < 4.78 is 13.8. The first-order valence-corrected chi connectivity index (χ1v) is 10.5. The number of piperidine rings is 1. The van der Waals surface area contributed by atoms with Crippen LogP contribution in [0, 0.1) is 0 Å². The molecule has 1 aromatic heterocycles. The van der Waals surface area contributed by atoms with Crippen molar-refractivity contribution >= 4 is 0 Å². The second-order valence-corrected chi connectivity index (χ2v) is 7.50. The quantitative estimate of drug-likeness (QED) is 0.790. The van der Waals surface area contributed by atoms with Gasteiger partial charge in [0.05, 0.1) is 19.8 Å². The normalized spacial score (nSPS) is 18.1. The summed E-state index contributed by atoms with van der Waals surface area (Å²) in [6, 6.07) is 6.32. The van der Waals surface area contributed by atoms with Crippen molar-refractivity contribution < 1.29 is 9.47 Å². The van der Waals surface area contributed by atoms with Crippen molar-refractivity contribution in [3.8, 4) is 11.5 Å². The van der Waals surface area contributed by atoms with E-state index in [-0.39, 0.29) is 0 Å². The maximum Gasteiger partial charge on any atom is 0.161 e. The molecule has 0 aliphatic carbocycles. The van der Waals surface area contributed by atoms with Gasteiger partial charge in [-0.05, 0) is 57.5 Å². The van der Waals surface area contributed by atoms with Gasteiger partial charge in [-0.25, -0.2) is 0 Å². The predicted molar refractivity (Wildman–Crippen MR) is 108 cm³/mol. The Labute approximate surface area is 167 Å². The van der Waals surface area contributed by atoms with Gasteiger partial charge in [-0.2, -0.15) is 0 Å². The zero-order valence-electron chi connectivity index (χ0n) is 17.0. The molecule has 2 aliphatic rings. The maximum absolute atomic E-state index is 5.77. The zero-order valence-corrected chi connectivity index (χ0v) is 17.0. The Hall–Kier alpha value is -2.12. The van der Waals surface area contributed by atoms with Gasteiger partial charge in [0.15, 0.2) is 11.5 Å². The molecule has 3 heterocycles. The summed E-state index contributed by atoms with van der Waals surface area (Å²) in [6.07, 6.45) is 2.28. The fraction of sp³-hybridized carbons (Fsp3) is 0.619. The second kappa shape index (κ2) is 8.92.